The molecule has 110 valence electrons. The Bertz CT molecular complexity index is 479. The third-order valence-corrected chi connectivity index (χ3v) is 3.24. The normalized spacial score (nSPS) is 10.2. The minimum Gasteiger partial charge on any atom is -0.469 e. The summed E-state index contributed by atoms with van der Waals surface area (Å²) in [7, 11) is 1.36. The van der Waals surface area contributed by atoms with E-state index in [1.165, 1.54) is 19.2 Å². The highest BCUT2D eigenvalue weighted by molar-refractivity contribution is 9.10. The second-order valence-electron chi connectivity index (χ2n) is 4.27. The van der Waals surface area contributed by atoms with Crippen molar-refractivity contribution in [3.05, 3.63) is 34.1 Å². The van der Waals surface area contributed by atoms with Gasteiger partial charge in [-0.3, -0.25) is 9.59 Å². The summed E-state index contributed by atoms with van der Waals surface area (Å²) < 4.78 is 18.6. The van der Waals surface area contributed by atoms with Crippen molar-refractivity contribution in [2.45, 2.75) is 25.7 Å². The monoisotopic (exact) mass is 345 g/mol. The summed E-state index contributed by atoms with van der Waals surface area (Å²) in [6, 6.07) is 4.31. The lowest BCUT2D eigenvalue weighted by Crippen LogP contribution is -2.25. The van der Waals surface area contributed by atoms with Gasteiger partial charge in [-0.15, -0.1) is 0 Å². The first-order valence-corrected chi connectivity index (χ1v) is 7.14. The topological polar surface area (TPSA) is 55.4 Å². The SMILES string of the molecule is COC(=O)CCCCCNC(=O)c1ccc(Br)cc1F. The molecule has 0 saturated heterocycles. The van der Waals surface area contributed by atoms with Crippen LogP contribution >= 0.6 is 15.9 Å². The Hall–Kier alpha value is -1.43. The Morgan fingerprint density at radius 2 is 2.05 bits per heavy atom. The highest BCUT2D eigenvalue weighted by Crippen LogP contribution is 2.15. The molecule has 1 N–H and O–H groups in total. The van der Waals surface area contributed by atoms with E-state index in [-0.39, 0.29) is 11.5 Å². The number of hydrogen-bond donors (Lipinski definition) is 1. The van der Waals surface area contributed by atoms with Crippen molar-refractivity contribution < 1.29 is 18.7 Å². The summed E-state index contributed by atoms with van der Waals surface area (Å²) in [5.41, 5.74) is 0.0303. The highest BCUT2D eigenvalue weighted by Gasteiger charge is 2.11. The summed E-state index contributed by atoms with van der Waals surface area (Å²) in [4.78, 5) is 22.6. The van der Waals surface area contributed by atoms with E-state index in [2.05, 4.69) is 26.0 Å². The second-order valence-corrected chi connectivity index (χ2v) is 5.18. The number of halogens is 2. The molecule has 0 unspecified atom stereocenters. The van der Waals surface area contributed by atoms with Gasteiger partial charge in [-0.2, -0.15) is 0 Å². The number of rotatable bonds is 7. The quantitative estimate of drug-likeness (QED) is 0.610. The van der Waals surface area contributed by atoms with Gasteiger partial charge in [0.05, 0.1) is 12.7 Å². The first-order valence-electron chi connectivity index (χ1n) is 6.34. The lowest BCUT2D eigenvalue weighted by atomic mass is 10.1. The number of carbonyl (C=O) groups is 2. The predicted octanol–water partition coefficient (Wildman–Crippen LogP) is 3.05. The molecule has 0 atom stereocenters. The number of unbranched alkanes of at least 4 members (excludes halogenated alkanes) is 2. The number of carbonyl (C=O) groups excluding carboxylic acids is 2. The fourth-order valence-corrected chi connectivity index (χ4v) is 1.98. The van der Waals surface area contributed by atoms with Crippen LogP contribution in [0, 0.1) is 5.82 Å². The van der Waals surface area contributed by atoms with E-state index in [0.29, 0.717) is 17.4 Å². The molecule has 6 heteroatoms. The van der Waals surface area contributed by atoms with E-state index >= 15 is 0 Å². The number of amides is 1. The van der Waals surface area contributed by atoms with Crippen LogP contribution in [0.25, 0.3) is 0 Å². The largest absolute Gasteiger partial charge is 0.469 e. The van der Waals surface area contributed by atoms with Crippen LogP contribution in [0.2, 0.25) is 0 Å². The van der Waals surface area contributed by atoms with Gasteiger partial charge < -0.3 is 10.1 Å². The number of hydrogen-bond acceptors (Lipinski definition) is 3. The van der Waals surface area contributed by atoms with Crippen molar-refractivity contribution >= 4 is 27.8 Å². The van der Waals surface area contributed by atoms with Gasteiger partial charge in [0.2, 0.25) is 0 Å². The molecular formula is C14H17BrFNO3. The molecule has 0 saturated carbocycles. The van der Waals surface area contributed by atoms with E-state index in [0.717, 1.165) is 19.3 Å². The van der Waals surface area contributed by atoms with Gasteiger partial charge in [-0.25, -0.2) is 4.39 Å². The number of esters is 1. The molecule has 0 heterocycles. The smallest absolute Gasteiger partial charge is 0.305 e. The van der Waals surface area contributed by atoms with Crippen LogP contribution < -0.4 is 5.32 Å². The van der Waals surface area contributed by atoms with Crippen LogP contribution in [-0.2, 0) is 9.53 Å². The molecule has 0 aliphatic rings. The zero-order valence-electron chi connectivity index (χ0n) is 11.2. The maximum atomic E-state index is 13.5. The zero-order chi connectivity index (χ0) is 15.0. The molecule has 0 radical (unpaired) electrons. The maximum Gasteiger partial charge on any atom is 0.305 e. The van der Waals surface area contributed by atoms with Gasteiger partial charge in [0.25, 0.3) is 5.91 Å². The molecule has 0 aromatic heterocycles. The molecular weight excluding hydrogens is 329 g/mol. The van der Waals surface area contributed by atoms with Crippen LogP contribution in [0.5, 0.6) is 0 Å². The van der Waals surface area contributed by atoms with Crippen molar-refractivity contribution in [2.75, 3.05) is 13.7 Å². The molecule has 0 spiro atoms. The predicted molar refractivity (Wildman–Crippen MR) is 76.9 cm³/mol. The third kappa shape index (κ3) is 5.69. The fourth-order valence-electron chi connectivity index (χ4n) is 1.64. The summed E-state index contributed by atoms with van der Waals surface area (Å²) in [6.07, 6.45) is 2.64. The van der Waals surface area contributed by atoms with Crippen molar-refractivity contribution in [1.82, 2.24) is 5.32 Å². The summed E-state index contributed by atoms with van der Waals surface area (Å²) in [6.45, 7) is 0.454. The van der Waals surface area contributed by atoms with Crippen molar-refractivity contribution in [1.29, 1.82) is 0 Å². The fraction of sp³-hybridized carbons (Fsp3) is 0.429. The van der Waals surface area contributed by atoms with E-state index in [1.54, 1.807) is 6.07 Å². The Morgan fingerprint density at radius 3 is 2.70 bits per heavy atom. The first-order chi connectivity index (χ1) is 9.54. The minimum atomic E-state index is -0.553. The average Bonchev–Trinajstić information content (AvgIpc) is 2.42. The van der Waals surface area contributed by atoms with Gasteiger partial charge in [0, 0.05) is 17.4 Å². The van der Waals surface area contributed by atoms with Gasteiger partial charge in [0.15, 0.2) is 0 Å². The van der Waals surface area contributed by atoms with Crippen LogP contribution in [-0.4, -0.2) is 25.5 Å². The molecule has 1 amide bonds. The second kappa shape index (κ2) is 8.68. The first kappa shape index (κ1) is 16.6. The summed E-state index contributed by atoms with van der Waals surface area (Å²) in [5, 5.41) is 2.65. The van der Waals surface area contributed by atoms with Gasteiger partial charge in [0.1, 0.15) is 5.82 Å². The molecule has 1 rings (SSSR count). The Kier molecular flexibility index (Phi) is 7.22. The number of nitrogens with one attached hydrogen (secondary N) is 1. The molecule has 0 bridgehead atoms. The summed E-state index contributed by atoms with van der Waals surface area (Å²) in [5.74, 6) is -1.21. The third-order valence-electron chi connectivity index (χ3n) is 2.75. The zero-order valence-corrected chi connectivity index (χ0v) is 12.8. The van der Waals surface area contributed by atoms with Crippen LogP contribution in [0.3, 0.4) is 0 Å². The molecule has 0 aliphatic carbocycles. The van der Waals surface area contributed by atoms with Crippen molar-refractivity contribution in [3.8, 4) is 0 Å². The van der Waals surface area contributed by atoms with Gasteiger partial charge in [-0.1, -0.05) is 22.4 Å². The molecule has 4 nitrogen and oxygen atoms in total. The Labute approximate surface area is 125 Å². The Balaban J connectivity index is 2.25. The molecule has 0 fully saturated rings. The lowest BCUT2D eigenvalue weighted by molar-refractivity contribution is -0.140. The maximum absolute atomic E-state index is 13.5. The number of methoxy groups -OCH3 is 1. The van der Waals surface area contributed by atoms with Crippen molar-refractivity contribution in [2.24, 2.45) is 0 Å². The van der Waals surface area contributed by atoms with Gasteiger partial charge in [-0.05, 0) is 31.0 Å². The molecule has 1 aromatic rings. The standard InChI is InChI=1S/C14H17BrFNO3/c1-20-13(18)5-3-2-4-8-17-14(19)11-7-6-10(15)9-12(11)16/h6-7,9H,2-5,8H2,1H3,(H,17,19). The molecule has 1 aromatic carbocycles. The van der Waals surface area contributed by atoms with Crippen LogP contribution in [0.4, 0.5) is 4.39 Å². The number of benzene rings is 1. The molecule has 20 heavy (non-hydrogen) atoms. The molecule has 0 aliphatic heterocycles. The number of ether oxygens (including phenoxy) is 1. The lowest BCUT2D eigenvalue weighted by Gasteiger charge is -2.06. The highest BCUT2D eigenvalue weighted by atomic mass is 79.9. The van der Waals surface area contributed by atoms with E-state index in [1.807, 2.05) is 0 Å². The minimum absolute atomic E-state index is 0.0303. The van der Waals surface area contributed by atoms with E-state index in [4.69, 9.17) is 0 Å². The van der Waals surface area contributed by atoms with E-state index < -0.39 is 11.7 Å². The van der Waals surface area contributed by atoms with Gasteiger partial charge >= 0.3 is 5.97 Å². The van der Waals surface area contributed by atoms with Crippen LogP contribution in [0.15, 0.2) is 22.7 Å². The van der Waals surface area contributed by atoms with Crippen LogP contribution in [0.1, 0.15) is 36.0 Å². The average molecular weight is 346 g/mol. The van der Waals surface area contributed by atoms with Crippen molar-refractivity contribution in [3.63, 3.8) is 0 Å². The summed E-state index contributed by atoms with van der Waals surface area (Å²) >= 11 is 3.13. The van der Waals surface area contributed by atoms with E-state index in [9.17, 15) is 14.0 Å². The Morgan fingerprint density at radius 1 is 1.30 bits per heavy atom.